The number of hydrogen-bond acceptors (Lipinski definition) is 6. The Kier molecular flexibility index (Phi) is 6.83. The van der Waals surface area contributed by atoms with Gasteiger partial charge in [0.2, 0.25) is 5.82 Å². The summed E-state index contributed by atoms with van der Waals surface area (Å²) in [5.41, 5.74) is 6.08. The summed E-state index contributed by atoms with van der Waals surface area (Å²) in [4.78, 5) is 8.95. The lowest BCUT2D eigenvalue weighted by Crippen LogP contribution is -2.02. The fourth-order valence-corrected chi connectivity index (χ4v) is 3.76. The molecule has 0 radical (unpaired) electrons. The van der Waals surface area contributed by atoms with Gasteiger partial charge in [-0.3, -0.25) is 0 Å². The van der Waals surface area contributed by atoms with Gasteiger partial charge in [0.15, 0.2) is 0 Å². The van der Waals surface area contributed by atoms with Crippen molar-refractivity contribution in [2.24, 2.45) is 0 Å². The molecule has 0 fully saturated rings. The van der Waals surface area contributed by atoms with E-state index < -0.39 is 0 Å². The molecule has 0 aliphatic rings. The Morgan fingerprint density at radius 2 is 1.91 bits per heavy atom. The second kappa shape index (κ2) is 9.94. The summed E-state index contributed by atoms with van der Waals surface area (Å²) in [5, 5.41) is 7.84. The van der Waals surface area contributed by atoms with Gasteiger partial charge in [-0.05, 0) is 53.8 Å². The van der Waals surface area contributed by atoms with E-state index >= 15 is 0 Å². The molecule has 0 saturated carbocycles. The average Bonchev–Trinajstić information content (AvgIpc) is 3.29. The molecule has 2 heterocycles. The lowest BCUT2D eigenvalue weighted by molar-refractivity contribution is 0.185. The SMILES string of the molecule is CCCNc1ncc(-c2noc(-c3ccc(-c4ccccc4C)c(COC)c3)n2)cc1Cl. The number of ether oxygens (including phenoxy) is 1. The highest BCUT2D eigenvalue weighted by atomic mass is 35.5. The van der Waals surface area contributed by atoms with E-state index in [-0.39, 0.29) is 0 Å². The maximum atomic E-state index is 6.36. The van der Waals surface area contributed by atoms with Crippen molar-refractivity contribution in [3.8, 4) is 34.0 Å². The van der Waals surface area contributed by atoms with Crippen LogP contribution in [0.4, 0.5) is 5.82 Å². The van der Waals surface area contributed by atoms with Crippen LogP contribution in [0.2, 0.25) is 5.02 Å². The van der Waals surface area contributed by atoms with Crippen LogP contribution in [0.15, 0.2) is 59.3 Å². The van der Waals surface area contributed by atoms with Gasteiger partial charge in [-0.15, -0.1) is 0 Å². The highest BCUT2D eigenvalue weighted by Crippen LogP contribution is 2.32. The minimum atomic E-state index is 0.429. The van der Waals surface area contributed by atoms with Gasteiger partial charge in [0.1, 0.15) is 5.82 Å². The third-order valence-electron chi connectivity index (χ3n) is 5.16. The van der Waals surface area contributed by atoms with E-state index in [4.69, 9.17) is 20.9 Å². The number of hydrogen-bond donors (Lipinski definition) is 1. The second-order valence-electron chi connectivity index (χ2n) is 7.52. The molecule has 1 N–H and O–H groups in total. The Balaban J connectivity index is 1.65. The first kappa shape index (κ1) is 22.0. The van der Waals surface area contributed by atoms with Crippen LogP contribution in [0.1, 0.15) is 24.5 Å². The number of nitrogens with one attached hydrogen (secondary N) is 1. The standard InChI is InChI=1S/C25H25ClN4O2/c1-4-11-27-24-22(26)13-18(14-28-24)23-29-25(32-30-23)17-9-10-21(19(12-17)15-31-3)20-8-6-5-7-16(20)2/h5-10,12-14H,4,11,15H2,1-3H3,(H,27,28). The van der Waals surface area contributed by atoms with E-state index in [1.165, 1.54) is 11.1 Å². The predicted molar refractivity (Wildman–Crippen MR) is 128 cm³/mol. The molecule has 0 amide bonds. The Bertz CT molecular complexity index is 1220. The predicted octanol–water partition coefficient (Wildman–Crippen LogP) is 6.40. The number of methoxy groups -OCH3 is 1. The van der Waals surface area contributed by atoms with Gasteiger partial charge in [-0.25, -0.2) is 4.98 Å². The smallest absolute Gasteiger partial charge is 0.258 e. The van der Waals surface area contributed by atoms with Crippen LogP contribution in [0, 0.1) is 6.92 Å². The van der Waals surface area contributed by atoms with Crippen molar-refractivity contribution in [2.75, 3.05) is 19.0 Å². The molecular weight excluding hydrogens is 424 g/mol. The van der Waals surface area contributed by atoms with Crippen molar-refractivity contribution in [1.82, 2.24) is 15.1 Å². The minimum Gasteiger partial charge on any atom is -0.380 e. The molecule has 2 aromatic carbocycles. The Hall–Kier alpha value is -3.22. The lowest BCUT2D eigenvalue weighted by Gasteiger charge is -2.12. The van der Waals surface area contributed by atoms with Gasteiger partial charge in [-0.1, -0.05) is 54.0 Å². The van der Waals surface area contributed by atoms with E-state index in [1.807, 2.05) is 24.3 Å². The van der Waals surface area contributed by atoms with Gasteiger partial charge < -0.3 is 14.6 Å². The quantitative estimate of drug-likeness (QED) is 0.336. The summed E-state index contributed by atoms with van der Waals surface area (Å²) >= 11 is 6.36. The molecule has 0 aliphatic heterocycles. The van der Waals surface area contributed by atoms with Gasteiger partial charge in [0.05, 0.1) is 11.6 Å². The molecule has 0 aliphatic carbocycles. The van der Waals surface area contributed by atoms with Crippen LogP contribution in [-0.4, -0.2) is 28.8 Å². The van der Waals surface area contributed by atoms with Crippen molar-refractivity contribution in [3.05, 3.63) is 70.9 Å². The largest absolute Gasteiger partial charge is 0.380 e. The van der Waals surface area contributed by atoms with Crippen LogP contribution in [0.3, 0.4) is 0 Å². The van der Waals surface area contributed by atoms with Crippen LogP contribution in [0.25, 0.3) is 34.0 Å². The molecular formula is C25H25ClN4O2. The number of pyridine rings is 1. The van der Waals surface area contributed by atoms with E-state index in [0.29, 0.717) is 34.7 Å². The molecule has 0 bridgehead atoms. The first-order valence-electron chi connectivity index (χ1n) is 10.5. The number of nitrogens with zero attached hydrogens (tertiary/aromatic N) is 3. The van der Waals surface area contributed by atoms with Crippen molar-refractivity contribution in [1.29, 1.82) is 0 Å². The van der Waals surface area contributed by atoms with Crippen molar-refractivity contribution >= 4 is 17.4 Å². The molecule has 0 atom stereocenters. The first-order chi connectivity index (χ1) is 15.6. The fourth-order valence-electron chi connectivity index (χ4n) is 3.53. The number of rotatable bonds is 8. The summed E-state index contributed by atoms with van der Waals surface area (Å²) in [7, 11) is 1.69. The Morgan fingerprint density at radius 3 is 2.66 bits per heavy atom. The molecule has 0 saturated heterocycles. The zero-order chi connectivity index (χ0) is 22.5. The number of aryl methyl sites for hydroxylation is 1. The molecule has 32 heavy (non-hydrogen) atoms. The normalized spacial score (nSPS) is 11.0. The van der Waals surface area contributed by atoms with Crippen LogP contribution < -0.4 is 5.32 Å². The Labute approximate surface area is 192 Å². The maximum Gasteiger partial charge on any atom is 0.258 e. The minimum absolute atomic E-state index is 0.429. The lowest BCUT2D eigenvalue weighted by atomic mass is 9.94. The monoisotopic (exact) mass is 448 g/mol. The summed E-state index contributed by atoms with van der Waals surface area (Å²) in [6, 6.07) is 16.2. The van der Waals surface area contributed by atoms with Gasteiger partial charge in [-0.2, -0.15) is 4.98 Å². The second-order valence-corrected chi connectivity index (χ2v) is 7.93. The van der Waals surface area contributed by atoms with E-state index in [9.17, 15) is 0 Å². The molecule has 0 unspecified atom stereocenters. The Morgan fingerprint density at radius 1 is 1.06 bits per heavy atom. The van der Waals surface area contributed by atoms with Gasteiger partial charge in [0.25, 0.3) is 5.89 Å². The molecule has 0 spiro atoms. The third-order valence-corrected chi connectivity index (χ3v) is 5.44. The summed E-state index contributed by atoms with van der Waals surface area (Å²) in [5.74, 6) is 1.52. The van der Waals surface area contributed by atoms with Gasteiger partial charge in [0, 0.05) is 31.0 Å². The zero-order valence-corrected chi connectivity index (χ0v) is 19.1. The summed E-state index contributed by atoms with van der Waals surface area (Å²) < 4.78 is 11.0. The fraction of sp³-hybridized carbons (Fsp3) is 0.240. The number of anilines is 1. The first-order valence-corrected chi connectivity index (χ1v) is 10.9. The third kappa shape index (κ3) is 4.66. The van der Waals surface area contributed by atoms with E-state index in [0.717, 1.165) is 29.7 Å². The number of halogens is 1. The number of aromatic nitrogens is 3. The summed E-state index contributed by atoms with van der Waals surface area (Å²) in [6.45, 7) is 5.47. The van der Waals surface area contributed by atoms with Crippen molar-refractivity contribution in [2.45, 2.75) is 26.9 Å². The molecule has 7 heteroatoms. The number of benzene rings is 2. The topological polar surface area (TPSA) is 73.1 Å². The zero-order valence-electron chi connectivity index (χ0n) is 18.4. The van der Waals surface area contributed by atoms with Crippen molar-refractivity contribution < 1.29 is 9.26 Å². The van der Waals surface area contributed by atoms with E-state index in [2.05, 4.69) is 52.5 Å². The highest BCUT2D eigenvalue weighted by Gasteiger charge is 2.15. The summed E-state index contributed by atoms with van der Waals surface area (Å²) in [6.07, 6.45) is 2.68. The van der Waals surface area contributed by atoms with Gasteiger partial charge >= 0.3 is 0 Å². The molecule has 164 valence electrons. The average molecular weight is 449 g/mol. The maximum absolute atomic E-state index is 6.36. The molecule has 2 aromatic heterocycles. The molecule has 6 nitrogen and oxygen atoms in total. The molecule has 4 rings (SSSR count). The van der Waals surface area contributed by atoms with E-state index in [1.54, 1.807) is 19.4 Å². The van der Waals surface area contributed by atoms with Crippen LogP contribution in [0.5, 0.6) is 0 Å². The highest BCUT2D eigenvalue weighted by molar-refractivity contribution is 6.33. The van der Waals surface area contributed by atoms with Crippen LogP contribution in [-0.2, 0) is 11.3 Å². The van der Waals surface area contributed by atoms with Crippen molar-refractivity contribution in [3.63, 3.8) is 0 Å². The van der Waals surface area contributed by atoms with Crippen LogP contribution >= 0.6 is 11.6 Å². The molecule has 4 aromatic rings.